The van der Waals surface area contributed by atoms with Crippen molar-refractivity contribution in [1.82, 2.24) is 14.8 Å². The number of benzene rings is 1. The molecule has 2 aromatic heterocycles. The summed E-state index contributed by atoms with van der Waals surface area (Å²) < 4.78 is 16.5. The highest BCUT2D eigenvalue weighted by Crippen LogP contribution is 2.39. The summed E-state index contributed by atoms with van der Waals surface area (Å²) in [6.45, 7) is 0. The fourth-order valence-corrected chi connectivity index (χ4v) is 7.00. The van der Waals surface area contributed by atoms with Crippen LogP contribution in [0.3, 0.4) is 0 Å². The van der Waals surface area contributed by atoms with Crippen LogP contribution < -0.4 is 5.32 Å². The number of hydrogen-bond donors (Lipinski definition) is 1. The molecule has 34 heavy (non-hydrogen) atoms. The van der Waals surface area contributed by atoms with Gasteiger partial charge in [0.25, 0.3) is 0 Å². The Hall–Kier alpha value is -2.70. The van der Waals surface area contributed by atoms with Crippen LogP contribution in [0, 0.1) is 17.1 Å². The number of rotatable bonds is 6. The van der Waals surface area contributed by atoms with Crippen molar-refractivity contribution in [3.05, 3.63) is 46.1 Å². The van der Waals surface area contributed by atoms with Crippen molar-refractivity contribution in [2.75, 3.05) is 11.1 Å². The zero-order chi connectivity index (χ0) is 23.5. The number of carbonyl (C=O) groups excluding carboxylic acids is 1. The largest absolute Gasteiger partial charge is 0.316 e. The third kappa shape index (κ3) is 4.62. The van der Waals surface area contributed by atoms with Crippen LogP contribution in [0.15, 0.2) is 29.4 Å². The second-order valence-corrected chi connectivity index (χ2v) is 10.9. The fourth-order valence-electron chi connectivity index (χ4n) is 4.94. The van der Waals surface area contributed by atoms with Crippen LogP contribution in [0.2, 0.25) is 0 Å². The maximum absolute atomic E-state index is 14.5. The monoisotopic (exact) mass is 495 g/mol. The predicted octanol–water partition coefficient (Wildman–Crippen LogP) is 6.13. The van der Waals surface area contributed by atoms with Crippen molar-refractivity contribution in [3.63, 3.8) is 0 Å². The van der Waals surface area contributed by atoms with E-state index >= 15 is 0 Å². The minimum absolute atomic E-state index is 0.148. The van der Waals surface area contributed by atoms with E-state index in [1.807, 2.05) is 4.57 Å². The highest BCUT2D eigenvalue weighted by Gasteiger charge is 2.27. The van der Waals surface area contributed by atoms with Gasteiger partial charge in [-0.25, -0.2) is 4.39 Å². The Labute approximate surface area is 206 Å². The van der Waals surface area contributed by atoms with Crippen LogP contribution >= 0.6 is 23.1 Å². The van der Waals surface area contributed by atoms with Crippen LogP contribution in [0.5, 0.6) is 0 Å². The van der Waals surface area contributed by atoms with Crippen molar-refractivity contribution in [2.24, 2.45) is 0 Å². The Balaban J connectivity index is 1.34. The van der Waals surface area contributed by atoms with Crippen molar-refractivity contribution in [1.29, 1.82) is 5.26 Å². The molecule has 5 rings (SSSR count). The van der Waals surface area contributed by atoms with Crippen molar-refractivity contribution < 1.29 is 9.18 Å². The van der Waals surface area contributed by atoms with Gasteiger partial charge in [-0.1, -0.05) is 43.2 Å². The minimum atomic E-state index is -0.329. The van der Waals surface area contributed by atoms with E-state index in [0.717, 1.165) is 56.9 Å². The molecule has 0 aliphatic heterocycles. The zero-order valence-corrected chi connectivity index (χ0v) is 20.5. The lowest BCUT2D eigenvalue weighted by Gasteiger charge is -2.17. The smallest absolute Gasteiger partial charge is 0.235 e. The molecule has 0 radical (unpaired) electrons. The summed E-state index contributed by atoms with van der Waals surface area (Å²) in [4.78, 5) is 14.1. The highest BCUT2D eigenvalue weighted by atomic mass is 32.2. The molecular formula is C25H26FN5OS2. The fraction of sp³-hybridized carbons (Fsp3) is 0.440. The molecule has 176 valence electrons. The maximum atomic E-state index is 14.5. The summed E-state index contributed by atoms with van der Waals surface area (Å²) in [6.07, 6.45) is 9.49. The standard InChI is InChI=1S/C25H26FN5OS2/c26-20-12-7-6-11-18(20)23-29-30-25(31(23)16-8-4-5-9-16)33-15-22(32)28-24-19(14-27)17-10-2-1-3-13-21(17)34-24/h6-7,11-12,16H,1-5,8-10,13,15H2,(H,28,32). The maximum Gasteiger partial charge on any atom is 0.235 e. The van der Waals surface area contributed by atoms with Gasteiger partial charge in [-0.2, -0.15) is 5.26 Å². The SMILES string of the molecule is N#Cc1c(NC(=O)CSc2nnc(-c3ccccc3F)n2C2CCCC2)sc2c1CCCCC2. The summed E-state index contributed by atoms with van der Waals surface area (Å²) in [7, 11) is 0. The van der Waals surface area contributed by atoms with Gasteiger partial charge < -0.3 is 5.32 Å². The molecule has 0 spiro atoms. The molecule has 1 N–H and O–H groups in total. The van der Waals surface area contributed by atoms with E-state index in [-0.39, 0.29) is 23.5 Å². The quantitative estimate of drug-likeness (QED) is 0.328. The van der Waals surface area contributed by atoms with Crippen molar-refractivity contribution in [2.45, 2.75) is 69.0 Å². The molecule has 0 bridgehead atoms. The van der Waals surface area contributed by atoms with Crippen LogP contribution in [0.25, 0.3) is 11.4 Å². The van der Waals surface area contributed by atoms with E-state index in [9.17, 15) is 14.4 Å². The number of amides is 1. The second-order valence-electron chi connectivity index (χ2n) is 8.81. The molecule has 9 heteroatoms. The summed E-state index contributed by atoms with van der Waals surface area (Å²) in [5, 5.41) is 22.6. The molecule has 0 saturated heterocycles. The summed E-state index contributed by atoms with van der Waals surface area (Å²) in [5.41, 5.74) is 2.16. The molecule has 3 aromatic rings. The number of carbonyl (C=O) groups is 1. The Morgan fingerprint density at radius 3 is 2.76 bits per heavy atom. The molecule has 1 amide bonds. The third-order valence-corrected chi connectivity index (χ3v) is 8.74. The number of aromatic nitrogens is 3. The lowest BCUT2D eigenvalue weighted by atomic mass is 10.1. The Bertz CT molecular complexity index is 1240. The van der Waals surface area contributed by atoms with Gasteiger partial charge in [0.05, 0.1) is 16.9 Å². The van der Waals surface area contributed by atoms with Gasteiger partial charge >= 0.3 is 0 Å². The minimum Gasteiger partial charge on any atom is -0.316 e. The Morgan fingerprint density at radius 1 is 1.18 bits per heavy atom. The van der Waals surface area contributed by atoms with Gasteiger partial charge in [-0.15, -0.1) is 21.5 Å². The summed E-state index contributed by atoms with van der Waals surface area (Å²) in [6, 6.07) is 9.12. The number of anilines is 1. The molecule has 1 aromatic carbocycles. The van der Waals surface area contributed by atoms with E-state index in [1.165, 1.54) is 40.5 Å². The van der Waals surface area contributed by atoms with Gasteiger partial charge in [0, 0.05) is 10.9 Å². The number of halogens is 1. The first-order valence-corrected chi connectivity index (χ1v) is 13.6. The van der Waals surface area contributed by atoms with Crippen LogP contribution in [0.1, 0.15) is 67.0 Å². The van der Waals surface area contributed by atoms with E-state index < -0.39 is 0 Å². The zero-order valence-electron chi connectivity index (χ0n) is 18.8. The first-order chi connectivity index (χ1) is 16.7. The number of nitriles is 1. The molecule has 0 atom stereocenters. The number of aryl methyl sites for hydroxylation is 1. The number of thiophene rings is 1. The Morgan fingerprint density at radius 2 is 1.97 bits per heavy atom. The molecule has 2 aliphatic carbocycles. The highest BCUT2D eigenvalue weighted by molar-refractivity contribution is 7.99. The lowest BCUT2D eigenvalue weighted by Crippen LogP contribution is -2.15. The van der Waals surface area contributed by atoms with E-state index in [0.29, 0.717) is 27.1 Å². The first-order valence-electron chi connectivity index (χ1n) is 11.8. The molecule has 6 nitrogen and oxygen atoms in total. The van der Waals surface area contributed by atoms with Crippen LogP contribution in [0.4, 0.5) is 9.39 Å². The first kappa shape index (κ1) is 23.1. The molecular weight excluding hydrogens is 469 g/mol. The van der Waals surface area contributed by atoms with Gasteiger partial charge in [-0.3, -0.25) is 9.36 Å². The number of fused-ring (bicyclic) bond motifs is 1. The average molecular weight is 496 g/mol. The average Bonchev–Trinajstić information content (AvgIpc) is 3.54. The second kappa shape index (κ2) is 10.3. The van der Waals surface area contributed by atoms with E-state index in [1.54, 1.807) is 18.2 Å². The molecule has 1 fully saturated rings. The normalized spacial score (nSPS) is 16.1. The van der Waals surface area contributed by atoms with Gasteiger partial charge in [0.15, 0.2) is 11.0 Å². The van der Waals surface area contributed by atoms with Crippen LogP contribution in [-0.2, 0) is 17.6 Å². The van der Waals surface area contributed by atoms with E-state index in [2.05, 4.69) is 21.6 Å². The summed E-state index contributed by atoms with van der Waals surface area (Å²) in [5.74, 6) is 0.160. The van der Waals surface area contributed by atoms with Gasteiger partial charge in [0.2, 0.25) is 5.91 Å². The molecule has 0 unspecified atom stereocenters. The molecule has 2 heterocycles. The Kier molecular flexibility index (Phi) is 6.97. The topological polar surface area (TPSA) is 83.6 Å². The third-order valence-electron chi connectivity index (χ3n) is 6.59. The van der Waals surface area contributed by atoms with Gasteiger partial charge in [-0.05, 0) is 56.2 Å². The number of thioether (sulfide) groups is 1. The molecule has 1 saturated carbocycles. The number of nitrogens with zero attached hydrogens (tertiary/aromatic N) is 4. The van der Waals surface area contributed by atoms with E-state index in [4.69, 9.17) is 0 Å². The number of hydrogen-bond acceptors (Lipinski definition) is 6. The molecule has 2 aliphatic rings. The van der Waals surface area contributed by atoms with Crippen molar-refractivity contribution >= 4 is 34.0 Å². The van der Waals surface area contributed by atoms with Crippen molar-refractivity contribution in [3.8, 4) is 17.5 Å². The lowest BCUT2D eigenvalue weighted by molar-refractivity contribution is -0.113. The predicted molar refractivity (Wildman–Crippen MR) is 133 cm³/mol. The summed E-state index contributed by atoms with van der Waals surface area (Å²) >= 11 is 2.85. The number of nitrogens with one attached hydrogen (secondary N) is 1. The van der Waals surface area contributed by atoms with Gasteiger partial charge in [0.1, 0.15) is 16.9 Å². The van der Waals surface area contributed by atoms with Crippen LogP contribution in [-0.4, -0.2) is 26.4 Å².